The number of halogens is 2. The van der Waals surface area contributed by atoms with Gasteiger partial charge in [-0.3, -0.25) is 0 Å². The molecule has 2 aliphatic rings. The van der Waals surface area contributed by atoms with Gasteiger partial charge in [0.05, 0.1) is 17.1 Å². The van der Waals surface area contributed by atoms with Crippen LogP contribution < -0.4 is 15.3 Å². The van der Waals surface area contributed by atoms with E-state index in [0.29, 0.717) is 29.6 Å². The van der Waals surface area contributed by atoms with Crippen molar-refractivity contribution in [3.8, 4) is 5.75 Å². The van der Waals surface area contributed by atoms with Crippen molar-refractivity contribution in [2.75, 3.05) is 11.6 Å². The Kier molecular flexibility index (Phi) is 4.17. The Morgan fingerprint density at radius 2 is 1.89 bits per heavy atom. The molecule has 0 saturated carbocycles. The molecule has 0 amide bonds. The van der Waals surface area contributed by atoms with E-state index in [1.54, 1.807) is 0 Å². The number of benzene rings is 2. The highest BCUT2D eigenvalue weighted by atomic mass is 79.9. The number of rotatable bonds is 1. The fourth-order valence-corrected chi connectivity index (χ4v) is 4.77. The van der Waals surface area contributed by atoms with Gasteiger partial charge in [-0.05, 0) is 55.5 Å². The van der Waals surface area contributed by atoms with Gasteiger partial charge < -0.3 is 14.1 Å². The molecule has 5 rings (SSSR count). The van der Waals surface area contributed by atoms with Crippen LogP contribution in [0.1, 0.15) is 29.5 Å². The Labute approximate surface area is 169 Å². The molecule has 1 aliphatic carbocycles. The molecule has 2 heterocycles. The second-order valence-electron chi connectivity index (χ2n) is 7.05. The minimum atomic E-state index is -0.221. The molecule has 2 aromatic carbocycles. The van der Waals surface area contributed by atoms with E-state index in [2.05, 4.69) is 20.8 Å². The fraction of sp³-hybridized carbons (Fsp3) is 0.286. The first kappa shape index (κ1) is 17.1. The van der Waals surface area contributed by atoms with Crippen molar-refractivity contribution < 1.29 is 9.15 Å². The molecule has 0 saturated heterocycles. The monoisotopic (exact) mass is 445 g/mol. The number of aryl methyl sites for hydroxylation is 1. The lowest BCUT2D eigenvalue weighted by Gasteiger charge is -2.32. The third-order valence-electron chi connectivity index (χ3n) is 5.40. The van der Waals surface area contributed by atoms with E-state index < -0.39 is 0 Å². The highest BCUT2D eigenvalue weighted by molar-refractivity contribution is 9.10. The predicted octanol–water partition coefficient (Wildman–Crippen LogP) is 5.44. The molecule has 4 nitrogen and oxygen atoms in total. The van der Waals surface area contributed by atoms with Gasteiger partial charge >= 0.3 is 5.63 Å². The maximum atomic E-state index is 12.6. The summed E-state index contributed by atoms with van der Waals surface area (Å²) in [7, 11) is 0. The van der Waals surface area contributed by atoms with Crippen LogP contribution in [0.2, 0.25) is 5.02 Å². The SMILES string of the molecule is O=c1oc2c3c(c(Cl)cc2c2c1CCCC2)OCN(c1cccc(Br)c1)C3. The van der Waals surface area contributed by atoms with Gasteiger partial charge in [0.1, 0.15) is 11.3 Å². The predicted molar refractivity (Wildman–Crippen MR) is 110 cm³/mol. The number of anilines is 1. The van der Waals surface area contributed by atoms with Crippen molar-refractivity contribution in [3.05, 3.63) is 66.9 Å². The Morgan fingerprint density at radius 3 is 2.70 bits per heavy atom. The zero-order valence-electron chi connectivity index (χ0n) is 14.6. The van der Waals surface area contributed by atoms with Crippen molar-refractivity contribution in [1.82, 2.24) is 0 Å². The third-order valence-corrected chi connectivity index (χ3v) is 6.18. The fourth-order valence-electron chi connectivity index (χ4n) is 4.11. The lowest BCUT2D eigenvalue weighted by molar-refractivity contribution is 0.289. The van der Waals surface area contributed by atoms with Crippen molar-refractivity contribution in [3.63, 3.8) is 0 Å². The van der Waals surface area contributed by atoms with E-state index in [-0.39, 0.29) is 5.63 Å². The topological polar surface area (TPSA) is 42.7 Å². The zero-order valence-corrected chi connectivity index (χ0v) is 16.9. The summed E-state index contributed by atoms with van der Waals surface area (Å²) >= 11 is 10.1. The molecule has 138 valence electrons. The highest BCUT2D eigenvalue weighted by Gasteiger charge is 2.27. The van der Waals surface area contributed by atoms with Gasteiger partial charge in [0.15, 0.2) is 6.73 Å². The summed E-state index contributed by atoms with van der Waals surface area (Å²) in [6.45, 7) is 0.967. The quantitative estimate of drug-likeness (QED) is 0.467. The molecule has 1 aliphatic heterocycles. The molecular weight excluding hydrogens is 430 g/mol. The standard InChI is InChI=1S/C21H17BrClNO3/c22-12-4-3-5-13(8-12)24-10-17-19-16(9-18(23)20(17)26-11-24)14-6-1-2-7-15(14)21(25)27-19/h3-5,8-9H,1-2,6-7,10-11H2. The summed E-state index contributed by atoms with van der Waals surface area (Å²) in [4.78, 5) is 14.7. The van der Waals surface area contributed by atoms with E-state index in [1.807, 2.05) is 30.3 Å². The Morgan fingerprint density at radius 1 is 1.07 bits per heavy atom. The van der Waals surface area contributed by atoms with Crippen LogP contribution in [0, 0.1) is 0 Å². The first-order chi connectivity index (χ1) is 13.1. The molecule has 0 bridgehead atoms. The molecule has 6 heteroatoms. The van der Waals surface area contributed by atoms with Gasteiger partial charge in [-0.1, -0.05) is 33.6 Å². The van der Waals surface area contributed by atoms with Crippen LogP contribution >= 0.6 is 27.5 Å². The average molecular weight is 447 g/mol. The van der Waals surface area contributed by atoms with Crippen molar-refractivity contribution in [2.45, 2.75) is 32.2 Å². The molecule has 0 N–H and O–H groups in total. The highest BCUT2D eigenvalue weighted by Crippen LogP contribution is 2.41. The maximum absolute atomic E-state index is 12.6. The molecule has 0 spiro atoms. The van der Waals surface area contributed by atoms with Crippen LogP contribution in [0.4, 0.5) is 5.69 Å². The Bertz CT molecular complexity index is 1120. The molecule has 0 fully saturated rings. The second-order valence-corrected chi connectivity index (χ2v) is 8.37. The first-order valence-corrected chi connectivity index (χ1v) is 10.2. The lowest BCUT2D eigenvalue weighted by atomic mass is 9.90. The number of hydrogen-bond acceptors (Lipinski definition) is 4. The zero-order chi connectivity index (χ0) is 18.5. The van der Waals surface area contributed by atoms with Gasteiger partial charge in [0.2, 0.25) is 0 Å². The van der Waals surface area contributed by atoms with E-state index in [9.17, 15) is 4.79 Å². The number of ether oxygens (including phenoxy) is 1. The van der Waals surface area contributed by atoms with Gasteiger partial charge in [-0.2, -0.15) is 0 Å². The minimum Gasteiger partial charge on any atom is -0.471 e. The number of nitrogens with zero attached hydrogens (tertiary/aromatic N) is 1. The lowest BCUT2D eigenvalue weighted by Crippen LogP contribution is -2.32. The molecule has 0 atom stereocenters. The smallest absolute Gasteiger partial charge is 0.339 e. The summed E-state index contributed by atoms with van der Waals surface area (Å²) < 4.78 is 12.8. The maximum Gasteiger partial charge on any atom is 0.339 e. The van der Waals surface area contributed by atoms with Gasteiger partial charge in [-0.15, -0.1) is 0 Å². The molecule has 1 aromatic heterocycles. The van der Waals surface area contributed by atoms with Crippen molar-refractivity contribution >= 4 is 44.2 Å². The largest absolute Gasteiger partial charge is 0.471 e. The number of hydrogen-bond donors (Lipinski definition) is 0. The van der Waals surface area contributed by atoms with Crippen LogP contribution in [-0.4, -0.2) is 6.73 Å². The van der Waals surface area contributed by atoms with Crippen LogP contribution in [0.3, 0.4) is 0 Å². The molecular formula is C21H17BrClNO3. The van der Waals surface area contributed by atoms with E-state index in [4.69, 9.17) is 20.8 Å². The normalized spacial score (nSPS) is 16.0. The summed E-state index contributed by atoms with van der Waals surface area (Å²) in [5.41, 5.74) is 4.17. The first-order valence-electron chi connectivity index (χ1n) is 9.05. The second kappa shape index (κ2) is 6.57. The van der Waals surface area contributed by atoms with Gasteiger partial charge in [0.25, 0.3) is 0 Å². The summed E-state index contributed by atoms with van der Waals surface area (Å²) in [6.07, 6.45) is 3.79. The molecule has 0 unspecified atom stereocenters. The average Bonchev–Trinajstić information content (AvgIpc) is 2.69. The van der Waals surface area contributed by atoms with Crippen molar-refractivity contribution in [2.24, 2.45) is 0 Å². The Balaban J connectivity index is 1.70. The van der Waals surface area contributed by atoms with Gasteiger partial charge in [-0.25, -0.2) is 4.79 Å². The van der Waals surface area contributed by atoms with Crippen LogP contribution in [-0.2, 0) is 19.4 Å². The minimum absolute atomic E-state index is 0.221. The van der Waals surface area contributed by atoms with Crippen LogP contribution in [0.5, 0.6) is 5.75 Å². The van der Waals surface area contributed by atoms with E-state index in [0.717, 1.165) is 57.9 Å². The molecule has 27 heavy (non-hydrogen) atoms. The Hall–Kier alpha value is -1.98. The summed E-state index contributed by atoms with van der Waals surface area (Å²) in [6, 6.07) is 9.95. The number of fused-ring (bicyclic) bond motifs is 5. The van der Waals surface area contributed by atoms with Crippen LogP contribution in [0.15, 0.2) is 44.0 Å². The van der Waals surface area contributed by atoms with Crippen LogP contribution in [0.25, 0.3) is 11.0 Å². The summed E-state index contributed by atoms with van der Waals surface area (Å²) in [5.74, 6) is 0.620. The molecule has 0 radical (unpaired) electrons. The third kappa shape index (κ3) is 2.84. The van der Waals surface area contributed by atoms with Gasteiger partial charge in [0, 0.05) is 21.1 Å². The summed E-state index contributed by atoms with van der Waals surface area (Å²) in [5, 5.41) is 1.53. The van der Waals surface area contributed by atoms with Crippen molar-refractivity contribution in [1.29, 1.82) is 0 Å². The molecule has 3 aromatic rings. The van der Waals surface area contributed by atoms with E-state index >= 15 is 0 Å². The van der Waals surface area contributed by atoms with E-state index in [1.165, 1.54) is 0 Å².